The van der Waals surface area contributed by atoms with Crippen LogP contribution < -0.4 is 16.4 Å². The van der Waals surface area contributed by atoms with Crippen molar-refractivity contribution in [3.63, 3.8) is 0 Å². The first-order valence-electron chi connectivity index (χ1n) is 10.4. The molecule has 0 saturated heterocycles. The second-order valence-electron chi connectivity index (χ2n) is 7.37. The number of anilines is 1. The molecule has 6 nitrogen and oxygen atoms in total. The standard InChI is InChI=1S/C27H23N3O3/c28-22-13-7-8-19(16-22)18-29-27(32)24(30-26(31)21-11-5-2-6-12-21)17-23-14-15-25(33-23)20-9-3-1-4-10-20/h1-17H,18,28H2,(H,29,32)(H,30,31)/b24-17-. The maximum Gasteiger partial charge on any atom is 0.268 e. The van der Waals surface area contributed by atoms with Crippen molar-refractivity contribution in [2.75, 3.05) is 5.73 Å². The highest BCUT2D eigenvalue weighted by atomic mass is 16.3. The SMILES string of the molecule is Nc1cccc(CNC(=O)/C(=C/c2ccc(-c3ccccc3)o2)NC(=O)c2ccccc2)c1. The molecule has 1 aromatic heterocycles. The monoisotopic (exact) mass is 437 g/mol. The summed E-state index contributed by atoms with van der Waals surface area (Å²) >= 11 is 0. The van der Waals surface area contributed by atoms with Crippen LogP contribution >= 0.6 is 0 Å². The number of furan rings is 1. The molecule has 0 aliphatic rings. The topological polar surface area (TPSA) is 97.4 Å². The van der Waals surface area contributed by atoms with E-state index in [0.29, 0.717) is 22.8 Å². The first kappa shape index (κ1) is 21.6. The van der Waals surface area contributed by atoms with Gasteiger partial charge in [-0.2, -0.15) is 0 Å². The van der Waals surface area contributed by atoms with Gasteiger partial charge in [0.05, 0.1) is 0 Å². The number of amides is 2. The Morgan fingerprint density at radius 3 is 2.30 bits per heavy atom. The average molecular weight is 437 g/mol. The van der Waals surface area contributed by atoms with Gasteiger partial charge >= 0.3 is 0 Å². The van der Waals surface area contributed by atoms with Crippen molar-refractivity contribution in [1.82, 2.24) is 10.6 Å². The molecular weight excluding hydrogens is 414 g/mol. The number of carbonyl (C=O) groups excluding carboxylic acids is 2. The highest BCUT2D eigenvalue weighted by molar-refractivity contribution is 6.05. The summed E-state index contributed by atoms with van der Waals surface area (Å²) in [6, 6.07) is 29.1. The summed E-state index contributed by atoms with van der Waals surface area (Å²) in [5.74, 6) is 0.266. The third-order valence-electron chi connectivity index (χ3n) is 4.90. The largest absolute Gasteiger partial charge is 0.457 e. The molecule has 1 heterocycles. The van der Waals surface area contributed by atoms with Crippen molar-refractivity contribution in [3.05, 3.63) is 120 Å². The van der Waals surface area contributed by atoms with Gasteiger partial charge in [-0.25, -0.2) is 0 Å². The van der Waals surface area contributed by atoms with Crippen LogP contribution in [-0.4, -0.2) is 11.8 Å². The number of carbonyl (C=O) groups is 2. The van der Waals surface area contributed by atoms with Crippen LogP contribution in [0.3, 0.4) is 0 Å². The zero-order chi connectivity index (χ0) is 23.0. The van der Waals surface area contributed by atoms with E-state index in [9.17, 15) is 9.59 Å². The Morgan fingerprint density at radius 1 is 0.848 bits per heavy atom. The molecule has 0 unspecified atom stereocenters. The smallest absolute Gasteiger partial charge is 0.268 e. The van der Waals surface area contributed by atoms with Gasteiger partial charge in [-0.05, 0) is 42.0 Å². The van der Waals surface area contributed by atoms with Crippen LogP contribution in [0.4, 0.5) is 5.69 Å². The third kappa shape index (κ3) is 5.77. The number of nitrogens with one attached hydrogen (secondary N) is 2. The van der Waals surface area contributed by atoms with Gasteiger partial charge in [0.2, 0.25) is 0 Å². The summed E-state index contributed by atoms with van der Waals surface area (Å²) in [4.78, 5) is 25.7. The minimum absolute atomic E-state index is 0.0710. The summed E-state index contributed by atoms with van der Waals surface area (Å²) < 4.78 is 5.89. The molecule has 4 rings (SSSR count). The van der Waals surface area contributed by atoms with Crippen LogP contribution in [0.15, 0.2) is 107 Å². The molecule has 4 aromatic rings. The van der Waals surface area contributed by atoms with E-state index in [1.54, 1.807) is 42.5 Å². The van der Waals surface area contributed by atoms with E-state index in [1.807, 2.05) is 54.6 Å². The maximum absolute atomic E-state index is 13.0. The fourth-order valence-electron chi connectivity index (χ4n) is 3.25. The first-order chi connectivity index (χ1) is 16.1. The number of nitrogen functional groups attached to an aromatic ring is 1. The van der Waals surface area contributed by atoms with Gasteiger partial charge < -0.3 is 20.8 Å². The molecular formula is C27H23N3O3. The lowest BCUT2D eigenvalue weighted by atomic mass is 10.2. The minimum atomic E-state index is -0.445. The highest BCUT2D eigenvalue weighted by Gasteiger charge is 2.16. The van der Waals surface area contributed by atoms with Crippen LogP contribution in [0, 0.1) is 0 Å². The number of rotatable bonds is 7. The van der Waals surface area contributed by atoms with Crippen LogP contribution in [0.25, 0.3) is 17.4 Å². The Morgan fingerprint density at radius 2 is 1.58 bits per heavy atom. The normalized spacial score (nSPS) is 11.1. The van der Waals surface area contributed by atoms with Crippen molar-refractivity contribution in [1.29, 1.82) is 0 Å². The quantitative estimate of drug-likeness (QED) is 0.290. The lowest BCUT2D eigenvalue weighted by molar-refractivity contribution is -0.117. The van der Waals surface area contributed by atoms with Gasteiger partial charge in [0.1, 0.15) is 17.2 Å². The van der Waals surface area contributed by atoms with Crippen molar-refractivity contribution >= 4 is 23.6 Å². The molecule has 0 bridgehead atoms. The van der Waals surface area contributed by atoms with Gasteiger partial charge in [0.25, 0.3) is 11.8 Å². The van der Waals surface area contributed by atoms with Crippen LogP contribution in [-0.2, 0) is 11.3 Å². The minimum Gasteiger partial charge on any atom is -0.457 e. The third-order valence-corrected chi connectivity index (χ3v) is 4.90. The fraction of sp³-hybridized carbons (Fsp3) is 0.0370. The highest BCUT2D eigenvalue weighted by Crippen LogP contribution is 2.23. The summed E-state index contributed by atoms with van der Waals surface area (Å²) in [5, 5.41) is 5.53. The number of hydrogen-bond donors (Lipinski definition) is 3. The number of hydrogen-bond acceptors (Lipinski definition) is 4. The van der Waals surface area contributed by atoms with Gasteiger partial charge in [0.15, 0.2) is 0 Å². The summed E-state index contributed by atoms with van der Waals surface area (Å²) in [7, 11) is 0. The summed E-state index contributed by atoms with van der Waals surface area (Å²) in [6.07, 6.45) is 1.52. The Balaban J connectivity index is 1.57. The van der Waals surface area contributed by atoms with Gasteiger partial charge in [-0.15, -0.1) is 0 Å². The molecule has 2 amide bonds. The Bertz CT molecular complexity index is 1280. The molecule has 0 radical (unpaired) electrons. The van der Waals surface area contributed by atoms with Crippen LogP contribution in [0.5, 0.6) is 0 Å². The zero-order valence-electron chi connectivity index (χ0n) is 17.8. The second kappa shape index (κ2) is 10.2. The van der Waals surface area contributed by atoms with E-state index in [0.717, 1.165) is 11.1 Å². The molecule has 164 valence electrons. The van der Waals surface area contributed by atoms with Crippen molar-refractivity contribution in [2.45, 2.75) is 6.54 Å². The molecule has 0 fully saturated rings. The van der Waals surface area contributed by atoms with Crippen LogP contribution in [0.1, 0.15) is 21.7 Å². The lowest BCUT2D eigenvalue weighted by Crippen LogP contribution is -2.34. The molecule has 0 aliphatic carbocycles. The van der Waals surface area contributed by atoms with E-state index in [4.69, 9.17) is 10.2 Å². The predicted octanol–water partition coefficient (Wildman–Crippen LogP) is 4.62. The van der Waals surface area contributed by atoms with E-state index >= 15 is 0 Å². The lowest BCUT2D eigenvalue weighted by Gasteiger charge is -2.11. The van der Waals surface area contributed by atoms with E-state index in [-0.39, 0.29) is 12.2 Å². The molecule has 3 aromatic carbocycles. The van der Waals surface area contributed by atoms with Gasteiger partial charge in [0, 0.05) is 29.4 Å². The van der Waals surface area contributed by atoms with Gasteiger partial charge in [-0.3, -0.25) is 9.59 Å². The average Bonchev–Trinajstić information content (AvgIpc) is 3.32. The molecule has 0 aliphatic heterocycles. The number of benzene rings is 3. The van der Waals surface area contributed by atoms with Crippen molar-refractivity contribution in [3.8, 4) is 11.3 Å². The van der Waals surface area contributed by atoms with E-state index < -0.39 is 11.8 Å². The molecule has 6 heteroatoms. The maximum atomic E-state index is 13.0. The predicted molar refractivity (Wildman–Crippen MR) is 129 cm³/mol. The van der Waals surface area contributed by atoms with E-state index in [2.05, 4.69) is 10.6 Å². The Hall–Kier alpha value is -4.58. The fourth-order valence-corrected chi connectivity index (χ4v) is 3.25. The molecule has 4 N–H and O–H groups in total. The summed E-state index contributed by atoms with van der Waals surface area (Å²) in [6.45, 7) is 0.260. The van der Waals surface area contributed by atoms with Crippen LogP contribution in [0.2, 0.25) is 0 Å². The van der Waals surface area contributed by atoms with Gasteiger partial charge in [-0.1, -0.05) is 60.7 Å². The van der Waals surface area contributed by atoms with Crippen molar-refractivity contribution in [2.24, 2.45) is 0 Å². The molecule has 0 atom stereocenters. The zero-order valence-corrected chi connectivity index (χ0v) is 17.8. The summed E-state index contributed by atoms with van der Waals surface area (Å²) in [5.41, 5.74) is 8.70. The first-order valence-corrected chi connectivity index (χ1v) is 10.4. The molecule has 33 heavy (non-hydrogen) atoms. The number of nitrogens with two attached hydrogens (primary N) is 1. The molecule has 0 spiro atoms. The van der Waals surface area contributed by atoms with E-state index in [1.165, 1.54) is 6.08 Å². The Labute approximate surface area is 191 Å². The second-order valence-corrected chi connectivity index (χ2v) is 7.37. The Kier molecular flexibility index (Phi) is 6.66. The molecule has 0 saturated carbocycles. The van der Waals surface area contributed by atoms with Crippen molar-refractivity contribution < 1.29 is 14.0 Å².